The molecule has 2 heterocycles. The second-order valence-electron chi connectivity index (χ2n) is 3.21. The van der Waals surface area contributed by atoms with Gasteiger partial charge in [-0.1, -0.05) is 0 Å². The molecule has 1 amide bonds. The van der Waals surface area contributed by atoms with Crippen molar-refractivity contribution in [2.75, 3.05) is 0 Å². The number of primary amides is 1. The van der Waals surface area contributed by atoms with Crippen LogP contribution in [0.25, 0.3) is 5.69 Å². The van der Waals surface area contributed by atoms with Crippen LogP contribution in [0.15, 0.2) is 29.3 Å². The van der Waals surface area contributed by atoms with Gasteiger partial charge in [0.2, 0.25) is 0 Å². The molecule has 0 aliphatic heterocycles. The number of carbonyl (C=O) groups excluding carboxylic acids is 1. The van der Waals surface area contributed by atoms with E-state index < -0.39 is 5.91 Å². The van der Waals surface area contributed by atoms with Gasteiger partial charge in [-0.2, -0.15) is 14.9 Å². The first-order chi connectivity index (χ1) is 7.58. The highest BCUT2D eigenvalue weighted by Gasteiger charge is 2.08. The number of amides is 1. The van der Waals surface area contributed by atoms with Gasteiger partial charge in [0.05, 0.1) is 12.4 Å². The van der Waals surface area contributed by atoms with Crippen LogP contribution in [0, 0.1) is 0 Å². The van der Waals surface area contributed by atoms with Crippen molar-refractivity contribution in [1.82, 2.24) is 19.6 Å². The Labute approximate surface area is 90.1 Å². The van der Waals surface area contributed by atoms with Crippen LogP contribution < -0.4 is 11.3 Å². The summed E-state index contributed by atoms with van der Waals surface area (Å²) in [7, 11) is 1.71. The van der Waals surface area contributed by atoms with Crippen LogP contribution in [-0.2, 0) is 7.05 Å². The number of aryl methyl sites for hydroxylation is 1. The summed E-state index contributed by atoms with van der Waals surface area (Å²) >= 11 is 0. The standard InChI is InChI=1S/C9H9N5O2/c1-13-5-6(4-11-13)14-8(15)3-2-7(12-14)9(10)16/h2-5H,1H3,(H2,10,16). The van der Waals surface area contributed by atoms with Crippen LogP contribution in [0.1, 0.15) is 10.5 Å². The van der Waals surface area contributed by atoms with E-state index in [-0.39, 0.29) is 11.3 Å². The molecule has 2 rings (SSSR count). The van der Waals surface area contributed by atoms with Crippen LogP contribution in [0.5, 0.6) is 0 Å². The smallest absolute Gasteiger partial charge is 0.271 e. The van der Waals surface area contributed by atoms with Gasteiger partial charge in [0.15, 0.2) is 0 Å². The minimum atomic E-state index is -0.683. The van der Waals surface area contributed by atoms with Crippen LogP contribution in [0.4, 0.5) is 0 Å². The van der Waals surface area contributed by atoms with Gasteiger partial charge in [-0.25, -0.2) is 0 Å². The molecule has 0 atom stereocenters. The minimum Gasteiger partial charge on any atom is -0.364 e. The number of carbonyl (C=O) groups is 1. The molecule has 0 saturated heterocycles. The average molecular weight is 219 g/mol. The lowest BCUT2D eigenvalue weighted by molar-refractivity contribution is 0.0994. The Bertz CT molecular complexity index is 598. The van der Waals surface area contributed by atoms with E-state index in [1.165, 1.54) is 23.0 Å². The summed E-state index contributed by atoms with van der Waals surface area (Å²) in [6.45, 7) is 0. The van der Waals surface area contributed by atoms with E-state index in [0.29, 0.717) is 5.69 Å². The van der Waals surface area contributed by atoms with E-state index >= 15 is 0 Å². The van der Waals surface area contributed by atoms with Gasteiger partial charge in [-0.3, -0.25) is 14.3 Å². The van der Waals surface area contributed by atoms with Crippen molar-refractivity contribution >= 4 is 5.91 Å². The predicted molar refractivity (Wildman–Crippen MR) is 55.1 cm³/mol. The highest BCUT2D eigenvalue weighted by atomic mass is 16.1. The molecule has 0 radical (unpaired) electrons. The highest BCUT2D eigenvalue weighted by Crippen LogP contribution is 2.00. The number of hydrogen-bond donors (Lipinski definition) is 1. The second kappa shape index (κ2) is 3.61. The number of hydrogen-bond acceptors (Lipinski definition) is 4. The summed E-state index contributed by atoms with van der Waals surface area (Å²) in [5.74, 6) is -0.683. The van der Waals surface area contributed by atoms with Gasteiger partial charge in [0.1, 0.15) is 11.4 Å². The molecule has 7 nitrogen and oxygen atoms in total. The van der Waals surface area contributed by atoms with Crippen LogP contribution >= 0.6 is 0 Å². The maximum atomic E-state index is 11.5. The van der Waals surface area contributed by atoms with E-state index in [0.717, 1.165) is 4.68 Å². The molecule has 82 valence electrons. The minimum absolute atomic E-state index is 0.0310. The fraction of sp³-hybridized carbons (Fsp3) is 0.111. The fourth-order valence-corrected chi connectivity index (χ4v) is 1.25. The molecule has 2 N–H and O–H groups in total. The van der Waals surface area contributed by atoms with Crippen LogP contribution in [0.2, 0.25) is 0 Å². The van der Waals surface area contributed by atoms with Gasteiger partial charge < -0.3 is 5.73 Å². The average Bonchev–Trinajstić information content (AvgIpc) is 2.65. The summed E-state index contributed by atoms with van der Waals surface area (Å²) in [4.78, 5) is 22.4. The third-order valence-electron chi connectivity index (χ3n) is 1.99. The molecule has 0 aliphatic rings. The van der Waals surface area contributed by atoms with Crippen molar-refractivity contribution in [3.05, 3.63) is 40.6 Å². The Morgan fingerprint density at radius 2 is 2.19 bits per heavy atom. The van der Waals surface area contributed by atoms with Crippen molar-refractivity contribution in [2.45, 2.75) is 0 Å². The van der Waals surface area contributed by atoms with Gasteiger partial charge in [0.25, 0.3) is 11.5 Å². The third-order valence-corrected chi connectivity index (χ3v) is 1.99. The molecular formula is C9H9N5O2. The molecule has 16 heavy (non-hydrogen) atoms. The SMILES string of the molecule is Cn1cc(-n2nc(C(N)=O)ccc2=O)cn1. The van der Waals surface area contributed by atoms with Crippen molar-refractivity contribution in [2.24, 2.45) is 12.8 Å². The summed E-state index contributed by atoms with van der Waals surface area (Å²) in [6, 6.07) is 2.53. The largest absolute Gasteiger partial charge is 0.364 e. The maximum Gasteiger partial charge on any atom is 0.271 e. The normalized spacial score (nSPS) is 10.3. The Hall–Kier alpha value is -2.44. The Morgan fingerprint density at radius 1 is 1.44 bits per heavy atom. The summed E-state index contributed by atoms with van der Waals surface area (Å²) in [6.07, 6.45) is 3.08. The maximum absolute atomic E-state index is 11.5. The van der Waals surface area contributed by atoms with Crippen molar-refractivity contribution in [1.29, 1.82) is 0 Å². The number of nitrogens with zero attached hydrogens (tertiary/aromatic N) is 4. The van der Waals surface area contributed by atoms with E-state index in [9.17, 15) is 9.59 Å². The molecule has 0 aliphatic carbocycles. The molecule has 0 spiro atoms. The Morgan fingerprint density at radius 3 is 2.75 bits per heavy atom. The van der Waals surface area contributed by atoms with Crippen molar-refractivity contribution < 1.29 is 4.79 Å². The van der Waals surface area contributed by atoms with E-state index in [1.54, 1.807) is 13.2 Å². The van der Waals surface area contributed by atoms with Gasteiger partial charge in [-0.05, 0) is 6.07 Å². The first kappa shape index (κ1) is 10.1. The van der Waals surface area contributed by atoms with E-state index in [4.69, 9.17) is 5.73 Å². The monoisotopic (exact) mass is 219 g/mol. The summed E-state index contributed by atoms with van der Waals surface area (Å²) < 4.78 is 2.60. The van der Waals surface area contributed by atoms with Gasteiger partial charge in [0, 0.05) is 13.1 Å². The highest BCUT2D eigenvalue weighted by molar-refractivity contribution is 5.90. The quantitative estimate of drug-likeness (QED) is 0.705. The van der Waals surface area contributed by atoms with Gasteiger partial charge >= 0.3 is 0 Å². The molecular weight excluding hydrogens is 210 g/mol. The topological polar surface area (TPSA) is 95.8 Å². The van der Waals surface area contributed by atoms with Crippen molar-refractivity contribution in [3.8, 4) is 5.69 Å². The zero-order valence-electron chi connectivity index (χ0n) is 8.49. The van der Waals surface area contributed by atoms with E-state index in [2.05, 4.69) is 10.2 Å². The lowest BCUT2D eigenvalue weighted by Crippen LogP contribution is -2.24. The summed E-state index contributed by atoms with van der Waals surface area (Å²) in [5, 5.41) is 7.74. The fourth-order valence-electron chi connectivity index (χ4n) is 1.25. The molecule has 0 fully saturated rings. The molecule has 0 aromatic carbocycles. The van der Waals surface area contributed by atoms with Gasteiger partial charge in [-0.15, -0.1) is 0 Å². The molecule has 2 aromatic rings. The number of nitrogens with two attached hydrogens (primary N) is 1. The zero-order chi connectivity index (χ0) is 11.7. The van der Waals surface area contributed by atoms with Crippen LogP contribution in [0.3, 0.4) is 0 Å². The molecule has 0 saturated carbocycles. The predicted octanol–water partition coefficient (Wildman–Crippen LogP) is -0.935. The summed E-state index contributed by atoms with van der Waals surface area (Å²) in [5.41, 5.74) is 5.24. The number of aromatic nitrogens is 4. The zero-order valence-corrected chi connectivity index (χ0v) is 8.49. The molecule has 0 unspecified atom stereocenters. The first-order valence-corrected chi connectivity index (χ1v) is 4.47. The molecule has 0 bridgehead atoms. The lowest BCUT2D eigenvalue weighted by Gasteiger charge is -2.01. The number of rotatable bonds is 2. The van der Waals surface area contributed by atoms with Crippen LogP contribution in [-0.4, -0.2) is 25.5 Å². The molecule has 7 heteroatoms. The van der Waals surface area contributed by atoms with E-state index in [1.807, 2.05) is 0 Å². The second-order valence-corrected chi connectivity index (χ2v) is 3.21. The molecule has 2 aromatic heterocycles. The third kappa shape index (κ3) is 1.70. The Balaban J connectivity index is 2.60. The Kier molecular flexibility index (Phi) is 2.28. The first-order valence-electron chi connectivity index (χ1n) is 4.47. The lowest BCUT2D eigenvalue weighted by atomic mass is 10.4. The van der Waals surface area contributed by atoms with Crippen molar-refractivity contribution in [3.63, 3.8) is 0 Å².